The van der Waals surface area contributed by atoms with E-state index in [2.05, 4.69) is 22.1 Å². The van der Waals surface area contributed by atoms with Gasteiger partial charge in [-0.3, -0.25) is 9.69 Å². The number of carbonyl (C=O) groups is 3. The molecule has 3 aromatic rings. The predicted octanol–water partition coefficient (Wildman–Crippen LogP) is 5.55. The van der Waals surface area contributed by atoms with Crippen LogP contribution in [0.3, 0.4) is 0 Å². The molecule has 0 unspecified atom stereocenters. The molecule has 43 heavy (non-hydrogen) atoms. The average molecular weight is 587 g/mol. The number of nitrogens with zero attached hydrogens (tertiary/aromatic N) is 3. The summed E-state index contributed by atoms with van der Waals surface area (Å²) in [6, 6.07) is 17.2. The van der Waals surface area contributed by atoms with Crippen LogP contribution in [0.1, 0.15) is 58.9 Å². The molecule has 2 aromatic carbocycles. The molecule has 0 aliphatic carbocycles. The second-order valence-corrected chi connectivity index (χ2v) is 11.4. The van der Waals surface area contributed by atoms with Crippen molar-refractivity contribution in [1.29, 1.82) is 0 Å². The first-order valence-corrected chi connectivity index (χ1v) is 14.8. The third kappa shape index (κ3) is 8.54. The van der Waals surface area contributed by atoms with E-state index in [0.29, 0.717) is 36.7 Å². The number of hydrogen-bond donors (Lipinski definition) is 2. The Kier molecular flexibility index (Phi) is 9.88. The minimum Gasteiger partial charge on any atom is -0.493 e. The van der Waals surface area contributed by atoms with E-state index in [1.165, 1.54) is 36.7 Å². The number of aromatic carboxylic acids is 1. The normalized spacial score (nSPS) is 16.4. The van der Waals surface area contributed by atoms with E-state index in [9.17, 15) is 14.4 Å². The number of likely N-dealkylation sites (tertiary alicyclic amines) is 2. The number of aromatic nitrogens is 1. The highest BCUT2D eigenvalue weighted by Gasteiger charge is 2.25. The van der Waals surface area contributed by atoms with E-state index >= 15 is 0 Å². The average Bonchev–Trinajstić information content (AvgIpc) is 3.03. The van der Waals surface area contributed by atoms with Gasteiger partial charge in [-0.05, 0) is 98.6 Å². The Morgan fingerprint density at radius 2 is 1.56 bits per heavy atom. The minimum atomic E-state index is -0.974. The molecule has 5 rings (SSSR count). The van der Waals surface area contributed by atoms with Crippen LogP contribution in [0.15, 0.2) is 66.9 Å². The SMILES string of the molecule is CC1CCN(Cc2ccc(C(=O)Nc3ccc(OC(=O)N4CCC(COc5ccc(C(=O)O)cc5)CC4)nc3)cc2)CC1. The van der Waals surface area contributed by atoms with Crippen molar-refractivity contribution in [3.05, 3.63) is 83.6 Å². The van der Waals surface area contributed by atoms with Crippen LogP contribution in [0, 0.1) is 11.8 Å². The molecule has 0 saturated carbocycles. The number of carboxylic acids is 1. The van der Waals surface area contributed by atoms with Gasteiger partial charge < -0.3 is 24.8 Å². The monoisotopic (exact) mass is 586 g/mol. The fourth-order valence-electron chi connectivity index (χ4n) is 5.30. The van der Waals surface area contributed by atoms with Gasteiger partial charge >= 0.3 is 12.1 Å². The molecule has 0 spiro atoms. The van der Waals surface area contributed by atoms with Crippen molar-refractivity contribution >= 4 is 23.7 Å². The highest BCUT2D eigenvalue weighted by molar-refractivity contribution is 6.04. The van der Waals surface area contributed by atoms with Crippen LogP contribution in [0.2, 0.25) is 0 Å². The summed E-state index contributed by atoms with van der Waals surface area (Å²) < 4.78 is 11.3. The second kappa shape index (κ2) is 14.2. The zero-order valence-corrected chi connectivity index (χ0v) is 24.4. The number of piperidine rings is 2. The van der Waals surface area contributed by atoms with Crippen molar-refractivity contribution in [1.82, 2.24) is 14.8 Å². The number of hydrogen-bond acceptors (Lipinski definition) is 7. The van der Waals surface area contributed by atoms with E-state index in [1.54, 1.807) is 29.2 Å². The largest absolute Gasteiger partial charge is 0.493 e. The number of carbonyl (C=O) groups excluding carboxylic acids is 2. The maximum absolute atomic E-state index is 12.7. The fourth-order valence-corrected chi connectivity index (χ4v) is 5.30. The Morgan fingerprint density at radius 1 is 0.884 bits per heavy atom. The second-order valence-electron chi connectivity index (χ2n) is 11.4. The molecule has 2 aliphatic rings. The van der Waals surface area contributed by atoms with E-state index in [1.807, 2.05) is 24.3 Å². The topological polar surface area (TPSA) is 121 Å². The quantitative estimate of drug-likeness (QED) is 0.335. The number of rotatable bonds is 9. The summed E-state index contributed by atoms with van der Waals surface area (Å²) in [6.07, 6.45) is 5.00. The smallest absolute Gasteiger partial charge is 0.416 e. The van der Waals surface area contributed by atoms with Crippen molar-refractivity contribution in [2.45, 2.75) is 39.2 Å². The first kappa shape index (κ1) is 30.0. The van der Waals surface area contributed by atoms with E-state index in [4.69, 9.17) is 14.6 Å². The molecule has 10 heteroatoms. The Hall–Kier alpha value is -4.44. The van der Waals surface area contributed by atoms with Crippen LogP contribution < -0.4 is 14.8 Å². The molecule has 2 amide bonds. The number of anilines is 1. The van der Waals surface area contributed by atoms with Gasteiger partial charge in [0, 0.05) is 31.3 Å². The van der Waals surface area contributed by atoms with Crippen LogP contribution in [-0.2, 0) is 6.54 Å². The standard InChI is InChI=1S/C33H38N4O6/c1-23-12-16-36(17-13-23)21-24-2-4-26(5-3-24)31(38)35-28-8-11-30(34-20-28)43-33(41)37-18-14-25(15-19-37)22-42-29-9-6-27(7-10-29)32(39)40/h2-11,20,23,25H,12-19,21-22H2,1H3,(H,35,38)(H,39,40). The number of benzene rings is 2. The number of nitrogens with one attached hydrogen (secondary N) is 1. The summed E-state index contributed by atoms with van der Waals surface area (Å²) in [6.45, 7) is 7.00. The fraction of sp³-hybridized carbons (Fsp3) is 0.394. The molecule has 10 nitrogen and oxygen atoms in total. The van der Waals surface area contributed by atoms with Gasteiger partial charge in [-0.1, -0.05) is 19.1 Å². The first-order chi connectivity index (χ1) is 20.8. The Balaban J connectivity index is 1.02. The van der Waals surface area contributed by atoms with Crippen LogP contribution in [0.5, 0.6) is 11.6 Å². The Morgan fingerprint density at radius 3 is 2.19 bits per heavy atom. The molecule has 2 saturated heterocycles. The lowest BCUT2D eigenvalue weighted by Crippen LogP contribution is -2.41. The highest BCUT2D eigenvalue weighted by atomic mass is 16.6. The van der Waals surface area contributed by atoms with Crippen molar-refractivity contribution < 1.29 is 29.0 Å². The van der Waals surface area contributed by atoms with E-state index in [-0.39, 0.29) is 23.3 Å². The van der Waals surface area contributed by atoms with Gasteiger partial charge in [0.15, 0.2) is 0 Å². The molecule has 1 aromatic heterocycles. The molecule has 0 bridgehead atoms. The van der Waals surface area contributed by atoms with Crippen molar-refractivity contribution in [3.8, 4) is 11.6 Å². The molecule has 0 atom stereocenters. The van der Waals surface area contributed by atoms with Gasteiger partial charge in [-0.2, -0.15) is 0 Å². The number of pyridine rings is 1. The van der Waals surface area contributed by atoms with Crippen LogP contribution >= 0.6 is 0 Å². The maximum atomic E-state index is 12.7. The third-order valence-corrected chi connectivity index (χ3v) is 8.14. The molecular formula is C33H38N4O6. The summed E-state index contributed by atoms with van der Waals surface area (Å²) in [5, 5.41) is 11.8. The molecule has 3 heterocycles. The maximum Gasteiger partial charge on any atom is 0.416 e. The van der Waals surface area contributed by atoms with Gasteiger partial charge in [-0.15, -0.1) is 0 Å². The van der Waals surface area contributed by atoms with Crippen LogP contribution in [0.4, 0.5) is 10.5 Å². The number of carboxylic acid groups (broad SMARTS) is 1. The third-order valence-electron chi connectivity index (χ3n) is 8.14. The minimum absolute atomic E-state index is 0.162. The highest BCUT2D eigenvalue weighted by Crippen LogP contribution is 2.22. The van der Waals surface area contributed by atoms with Gasteiger partial charge in [-0.25, -0.2) is 14.6 Å². The first-order valence-electron chi connectivity index (χ1n) is 14.8. The summed E-state index contributed by atoms with van der Waals surface area (Å²) in [5.41, 5.74) is 2.49. The van der Waals surface area contributed by atoms with Crippen molar-refractivity contribution in [2.24, 2.45) is 11.8 Å². The molecule has 226 valence electrons. The lowest BCUT2D eigenvalue weighted by Gasteiger charge is -2.30. The van der Waals surface area contributed by atoms with Crippen molar-refractivity contribution in [2.75, 3.05) is 38.1 Å². The molecular weight excluding hydrogens is 548 g/mol. The lowest BCUT2D eigenvalue weighted by atomic mass is 9.98. The van der Waals surface area contributed by atoms with Gasteiger partial charge in [0.05, 0.1) is 24.1 Å². The van der Waals surface area contributed by atoms with Gasteiger partial charge in [0.2, 0.25) is 5.88 Å². The molecule has 2 N–H and O–H groups in total. The van der Waals surface area contributed by atoms with E-state index < -0.39 is 12.1 Å². The molecule has 0 radical (unpaired) electrons. The van der Waals surface area contributed by atoms with Gasteiger partial charge in [0.25, 0.3) is 5.91 Å². The van der Waals surface area contributed by atoms with Crippen molar-refractivity contribution in [3.63, 3.8) is 0 Å². The zero-order chi connectivity index (χ0) is 30.2. The molecule has 2 fully saturated rings. The van der Waals surface area contributed by atoms with Gasteiger partial charge in [0.1, 0.15) is 5.75 Å². The summed E-state index contributed by atoms with van der Waals surface area (Å²) in [5.74, 6) is 0.656. The Labute approximate surface area is 251 Å². The van der Waals surface area contributed by atoms with E-state index in [0.717, 1.165) is 38.4 Å². The summed E-state index contributed by atoms with van der Waals surface area (Å²) in [7, 11) is 0. The Bertz CT molecular complexity index is 1380. The number of amides is 2. The molecule has 2 aliphatic heterocycles. The van der Waals surface area contributed by atoms with Crippen LogP contribution in [-0.4, -0.2) is 70.6 Å². The summed E-state index contributed by atoms with van der Waals surface area (Å²) in [4.78, 5) is 44.7. The van der Waals surface area contributed by atoms with Crippen LogP contribution in [0.25, 0.3) is 0 Å². The zero-order valence-electron chi connectivity index (χ0n) is 24.4. The predicted molar refractivity (Wildman–Crippen MR) is 162 cm³/mol. The number of ether oxygens (including phenoxy) is 2. The lowest BCUT2D eigenvalue weighted by molar-refractivity contribution is 0.0696. The summed E-state index contributed by atoms with van der Waals surface area (Å²) >= 11 is 0.